The molecule has 0 aromatic carbocycles. The number of carbonyl (C=O) groups excluding carboxylic acids is 1. The van der Waals surface area contributed by atoms with Crippen LogP contribution in [0, 0.1) is 0 Å². The van der Waals surface area contributed by atoms with E-state index in [1.54, 1.807) is 20.2 Å². The molecular weight excluding hydrogens is 118 g/mol. The molecular formula is C6H11NO2. The van der Waals surface area contributed by atoms with E-state index in [-0.39, 0.29) is 5.97 Å². The summed E-state index contributed by atoms with van der Waals surface area (Å²) in [7, 11) is 3.09. The Morgan fingerprint density at radius 1 is 1.67 bits per heavy atom. The Morgan fingerprint density at radius 3 is 2.56 bits per heavy atom. The SMILES string of the molecule is CN/C=C(\C)C(=O)OC. The number of rotatable bonds is 2. The van der Waals surface area contributed by atoms with Crippen LogP contribution < -0.4 is 5.32 Å². The maximum atomic E-state index is 10.6. The second-order valence-corrected chi connectivity index (χ2v) is 1.61. The summed E-state index contributed by atoms with van der Waals surface area (Å²) in [6, 6.07) is 0. The minimum atomic E-state index is -0.302. The molecule has 0 aliphatic rings. The minimum Gasteiger partial charge on any atom is -0.466 e. The Labute approximate surface area is 54.7 Å². The molecule has 0 bridgehead atoms. The standard InChI is InChI=1S/C6H11NO2/c1-5(4-7-2)6(8)9-3/h4,7H,1-3H3/b5-4+. The van der Waals surface area contributed by atoms with Gasteiger partial charge in [0.15, 0.2) is 0 Å². The maximum absolute atomic E-state index is 10.6. The Bertz CT molecular complexity index is 129. The van der Waals surface area contributed by atoms with Gasteiger partial charge in [-0.25, -0.2) is 4.79 Å². The zero-order valence-electron chi connectivity index (χ0n) is 5.89. The normalized spacial score (nSPS) is 10.8. The predicted molar refractivity (Wildman–Crippen MR) is 34.8 cm³/mol. The molecule has 9 heavy (non-hydrogen) atoms. The van der Waals surface area contributed by atoms with Gasteiger partial charge >= 0.3 is 5.97 Å². The lowest BCUT2D eigenvalue weighted by molar-refractivity contribution is -0.136. The summed E-state index contributed by atoms with van der Waals surface area (Å²) in [4.78, 5) is 10.6. The van der Waals surface area contributed by atoms with Crippen LogP contribution in [0.25, 0.3) is 0 Å². The molecule has 3 nitrogen and oxygen atoms in total. The Balaban J connectivity index is 3.86. The lowest BCUT2D eigenvalue weighted by Gasteiger charge is -1.96. The van der Waals surface area contributed by atoms with Gasteiger partial charge in [0.25, 0.3) is 0 Å². The number of hydrogen-bond acceptors (Lipinski definition) is 3. The van der Waals surface area contributed by atoms with E-state index in [4.69, 9.17) is 0 Å². The molecule has 0 aromatic heterocycles. The zero-order valence-corrected chi connectivity index (χ0v) is 5.89. The molecule has 0 aliphatic heterocycles. The first-order valence-electron chi connectivity index (χ1n) is 2.64. The van der Waals surface area contributed by atoms with E-state index < -0.39 is 0 Å². The third kappa shape index (κ3) is 2.74. The van der Waals surface area contributed by atoms with E-state index in [0.29, 0.717) is 5.57 Å². The largest absolute Gasteiger partial charge is 0.466 e. The molecule has 3 heteroatoms. The van der Waals surface area contributed by atoms with Crippen molar-refractivity contribution in [2.24, 2.45) is 0 Å². The van der Waals surface area contributed by atoms with Crippen LogP contribution in [0.3, 0.4) is 0 Å². The molecule has 0 aliphatic carbocycles. The third-order valence-electron chi connectivity index (χ3n) is 0.868. The Kier molecular flexibility index (Phi) is 3.51. The first-order valence-corrected chi connectivity index (χ1v) is 2.64. The predicted octanol–water partition coefficient (Wildman–Crippen LogP) is 0.283. The number of ether oxygens (including phenoxy) is 1. The minimum absolute atomic E-state index is 0.302. The Morgan fingerprint density at radius 2 is 2.22 bits per heavy atom. The van der Waals surface area contributed by atoms with Gasteiger partial charge in [0.05, 0.1) is 7.11 Å². The monoisotopic (exact) mass is 129 g/mol. The van der Waals surface area contributed by atoms with E-state index in [1.807, 2.05) is 0 Å². The summed E-state index contributed by atoms with van der Waals surface area (Å²) in [6.45, 7) is 1.68. The first-order chi connectivity index (χ1) is 4.22. The zero-order chi connectivity index (χ0) is 7.28. The maximum Gasteiger partial charge on any atom is 0.334 e. The molecule has 0 amide bonds. The van der Waals surface area contributed by atoms with Crippen molar-refractivity contribution in [3.05, 3.63) is 11.8 Å². The summed E-state index contributed by atoms with van der Waals surface area (Å²) in [6.07, 6.45) is 1.59. The van der Waals surface area contributed by atoms with Gasteiger partial charge in [-0.1, -0.05) is 0 Å². The fourth-order valence-corrected chi connectivity index (χ4v) is 0.436. The van der Waals surface area contributed by atoms with Crippen LogP contribution in [-0.4, -0.2) is 20.1 Å². The van der Waals surface area contributed by atoms with Gasteiger partial charge in [-0.3, -0.25) is 0 Å². The summed E-state index contributed by atoms with van der Waals surface area (Å²) in [5.74, 6) is -0.302. The van der Waals surface area contributed by atoms with E-state index >= 15 is 0 Å². The van der Waals surface area contributed by atoms with E-state index in [0.717, 1.165) is 0 Å². The summed E-state index contributed by atoms with van der Waals surface area (Å²) in [5, 5.41) is 2.72. The molecule has 0 heterocycles. The van der Waals surface area contributed by atoms with Gasteiger partial charge in [-0.15, -0.1) is 0 Å². The summed E-state index contributed by atoms with van der Waals surface area (Å²) >= 11 is 0. The highest BCUT2D eigenvalue weighted by Gasteiger charge is 1.99. The van der Waals surface area contributed by atoms with Gasteiger partial charge in [-0.2, -0.15) is 0 Å². The van der Waals surface area contributed by atoms with Crippen LogP contribution in [0.15, 0.2) is 11.8 Å². The van der Waals surface area contributed by atoms with Crippen molar-refractivity contribution in [2.45, 2.75) is 6.92 Å². The number of methoxy groups -OCH3 is 1. The molecule has 0 spiro atoms. The van der Waals surface area contributed by atoms with Crippen LogP contribution in [0.5, 0.6) is 0 Å². The lowest BCUT2D eigenvalue weighted by Crippen LogP contribution is -2.05. The van der Waals surface area contributed by atoms with Crippen molar-refractivity contribution in [3.63, 3.8) is 0 Å². The number of hydrogen-bond donors (Lipinski definition) is 1. The quantitative estimate of drug-likeness (QED) is 0.430. The van der Waals surface area contributed by atoms with Crippen molar-refractivity contribution in [1.82, 2.24) is 5.32 Å². The van der Waals surface area contributed by atoms with Crippen molar-refractivity contribution in [3.8, 4) is 0 Å². The highest BCUT2D eigenvalue weighted by molar-refractivity contribution is 5.87. The van der Waals surface area contributed by atoms with Gasteiger partial charge < -0.3 is 10.1 Å². The molecule has 0 aromatic rings. The fraction of sp³-hybridized carbons (Fsp3) is 0.500. The lowest BCUT2D eigenvalue weighted by atomic mass is 10.3. The Hall–Kier alpha value is -0.990. The van der Waals surface area contributed by atoms with Gasteiger partial charge in [-0.05, 0) is 6.92 Å². The summed E-state index contributed by atoms with van der Waals surface area (Å²) in [5.41, 5.74) is 0.569. The topological polar surface area (TPSA) is 38.3 Å². The molecule has 1 N–H and O–H groups in total. The number of esters is 1. The molecule has 0 radical (unpaired) electrons. The smallest absolute Gasteiger partial charge is 0.334 e. The van der Waals surface area contributed by atoms with E-state index in [2.05, 4.69) is 10.1 Å². The van der Waals surface area contributed by atoms with Crippen molar-refractivity contribution >= 4 is 5.97 Å². The third-order valence-corrected chi connectivity index (χ3v) is 0.868. The van der Waals surface area contributed by atoms with Gasteiger partial charge in [0.1, 0.15) is 0 Å². The highest BCUT2D eigenvalue weighted by Crippen LogP contribution is 1.91. The van der Waals surface area contributed by atoms with Crippen molar-refractivity contribution < 1.29 is 9.53 Å². The van der Waals surface area contributed by atoms with E-state index in [1.165, 1.54) is 7.11 Å². The molecule has 0 atom stereocenters. The summed E-state index contributed by atoms with van der Waals surface area (Å²) < 4.78 is 4.42. The van der Waals surface area contributed by atoms with Crippen molar-refractivity contribution in [2.75, 3.05) is 14.2 Å². The number of carbonyl (C=O) groups is 1. The highest BCUT2D eigenvalue weighted by atomic mass is 16.5. The van der Waals surface area contributed by atoms with Gasteiger partial charge in [0.2, 0.25) is 0 Å². The van der Waals surface area contributed by atoms with Gasteiger partial charge in [0, 0.05) is 18.8 Å². The molecule has 0 saturated carbocycles. The average Bonchev–Trinajstić information content (AvgIpc) is 1.87. The van der Waals surface area contributed by atoms with Crippen LogP contribution >= 0.6 is 0 Å². The molecule has 52 valence electrons. The second kappa shape index (κ2) is 3.95. The van der Waals surface area contributed by atoms with Crippen LogP contribution in [-0.2, 0) is 9.53 Å². The molecule has 0 rings (SSSR count). The number of nitrogens with one attached hydrogen (secondary N) is 1. The van der Waals surface area contributed by atoms with Crippen LogP contribution in [0.2, 0.25) is 0 Å². The van der Waals surface area contributed by atoms with Crippen LogP contribution in [0.4, 0.5) is 0 Å². The molecule has 0 saturated heterocycles. The average molecular weight is 129 g/mol. The van der Waals surface area contributed by atoms with Crippen LogP contribution in [0.1, 0.15) is 6.92 Å². The fourth-order valence-electron chi connectivity index (χ4n) is 0.436. The molecule has 0 unspecified atom stereocenters. The second-order valence-electron chi connectivity index (χ2n) is 1.61. The molecule has 0 fully saturated rings. The van der Waals surface area contributed by atoms with Crippen molar-refractivity contribution in [1.29, 1.82) is 0 Å². The van der Waals surface area contributed by atoms with E-state index in [9.17, 15) is 4.79 Å². The first kappa shape index (κ1) is 8.01.